The van der Waals surface area contributed by atoms with Gasteiger partial charge in [0.25, 0.3) is 0 Å². The number of rotatable bonds is 7. The number of piperazine rings is 1. The number of ether oxygens (including phenoxy) is 1. The van der Waals surface area contributed by atoms with Crippen LogP contribution in [0.2, 0.25) is 0 Å². The predicted molar refractivity (Wildman–Crippen MR) is 140 cm³/mol. The van der Waals surface area contributed by atoms with Gasteiger partial charge in [0.15, 0.2) is 11.6 Å². The Labute approximate surface area is 215 Å². The van der Waals surface area contributed by atoms with Crippen LogP contribution in [0.4, 0.5) is 5.82 Å². The first-order valence-electron chi connectivity index (χ1n) is 12.7. The lowest BCUT2D eigenvalue weighted by atomic mass is 10.1. The van der Waals surface area contributed by atoms with Gasteiger partial charge in [-0.25, -0.2) is 19.6 Å². The zero-order valence-electron chi connectivity index (χ0n) is 20.8. The van der Waals surface area contributed by atoms with Crippen molar-refractivity contribution in [3.63, 3.8) is 0 Å². The highest BCUT2D eigenvalue weighted by molar-refractivity contribution is 5.77. The average Bonchev–Trinajstić information content (AvgIpc) is 3.73. The molecule has 9 nitrogen and oxygen atoms in total. The number of hydrogen-bond donors (Lipinski definition) is 0. The third-order valence-electron chi connectivity index (χ3n) is 7.00. The largest absolute Gasteiger partial charge is 0.481 e. The highest BCUT2D eigenvalue weighted by atomic mass is 16.5. The normalized spacial score (nSPS) is 15.6. The molecule has 2 aliphatic rings. The lowest BCUT2D eigenvalue weighted by Crippen LogP contribution is -2.50. The van der Waals surface area contributed by atoms with Crippen molar-refractivity contribution in [1.29, 1.82) is 0 Å². The van der Waals surface area contributed by atoms with Gasteiger partial charge in [0.1, 0.15) is 18.7 Å². The number of hydrogen-bond acceptors (Lipinski definition) is 7. The second-order valence-electron chi connectivity index (χ2n) is 9.47. The summed E-state index contributed by atoms with van der Waals surface area (Å²) in [6, 6.07) is 20.3. The number of aromatic nitrogens is 5. The molecular weight excluding hydrogens is 466 g/mol. The van der Waals surface area contributed by atoms with Crippen molar-refractivity contribution in [2.75, 3.05) is 38.2 Å². The highest BCUT2D eigenvalue weighted by Crippen LogP contribution is 2.40. The minimum absolute atomic E-state index is 0.0256. The molecule has 6 rings (SSSR count). The maximum absolute atomic E-state index is 13.3. The Morgan fingerprint density at radius 2 is 1.70 bits per heavy atom. The molecule has 3 heterocycles. The summed E-state index contributed by atoms with van der Waals surface area (Å²) in [6.45, 7) is 2.73. The summed E-state index contributed by atoms with van der Waals surface area (Å²) in [5, 5.41) is 4.78. The molecule has 2 aromatic carbocycles. The van der Waals surface area contributed by atoms with Crippen LogP contribution < -0.4 is 9.64 Å². The molecule has 0 atom stereocenters. The van der Waals surface area contributed by atoms with Gasteiger partial charge in [0.05, 0.1) is 7.11 Å². The summed E-state index contributed by atoms with van der Waals surface area (Å²) in [6.07, 6.45) is 4.04. The second-order valence-corrected chi connectivity index (χ2v) is 9.47. The molecule has 0 radical (unpaired) electrons. The van der Waals surface area contributed by atoms with Crippen molar-refractivity contribution in [1.82, 2.24) is 29.6 Å². The van der Waals surface area contributed by atoms with Crippen LogP contribution in [0.25, 0.3) is 22.8 Å². The van der Waals surface area contributed by atoms with E-state index in [1.54, 1.807) is 11.8 Å². The molecule has 1 amide bonds. The molecule has 1 saturated carbocycles. The summed E-state index contributed by atoms with van der Waals surface area (Å²) in [4.78, 5) is 30.6. The van der Waals surface area contributed by atoms with Gasteiger partial charge in [0.2, 0.25) is 11.8 Å². The Morgan fingerprint density at radius 1 is 0.946 bits per heavy atom. The maximum Gasteiger partial charge on any atom is 0.244 e. The van der Waals surface area contributed by atoms with Gasteiger partial charge in [-0.05, 0) is 24.3 Å². The van der Waals surface area contributed by atoms with Gasteiger partial charge in [-0.15, -0.1) is 5.10 Å². The summed E-state index contributed by atoms with van der Waals surface area (Å²) in [5.74, 6) is 3.39. The number of benzene rings is 2. The van der Waals surface area contributed by atoms with E-state index in [0.717, 1.165) is 16.9 Å². The van der Waals surface area contributed by atoms with Gasteiger partial charge in [-0.3, -0.25) is 4.79 Å². The summed E-state index contributed by atoms with van der Waals surface area (Å²) < 4.78 is 6.95. The van der Waals surface area contributed by atoms with Crippen LogP contribution in [0.5, 0.6) is 5.88 Å². The molecule has 2 aromatic heterocycles. The molecule has 1 saturated heterocycles. The van der Waals surface area contributed by atoms with Gasteiger partial charge in [-0.2, -0.15) is 0 Å². The van der Waals surface area contributed by atoms with Crippen molar-refractivity contribution in [2.45, 2.75) is 25.3 Å². The smallest absolute Gasteiger partial charge is 0.244 e. The SMILES string of the molecule is COc1cc(N2CCN(C(=O)Cn3nc(-c4ccc(C5CC5)cc4)nc3-c3ccccc3)CC2)ncn1. The number of nitrogens with zero attached hydrogens (tertiary/aromatic N) is 7. The van der Waals surface area contributed by atoms with E-state index in [1.165, 1.54) is 24.7 Å². The molecule has 4 aromatic rings. The lowest BCUT2D eigenvalue weighted by Gasteiger charge is -2.35. The van der Waals surface area contributed by atoms with Crippen molar-refractivity contribution >= 4 is 11.7 Å². The summed E-state index contributed by atoms with van der Waals surface area (Å²) in [5.41, 5.74) is 3.27. The molecule has 2 fully saturated rings. The topological polar surface area (TPSA) is 89.3 Å². The Kier molecular flexibility index (Phi) is 6.26. The number of methoxy groups -OCH3 is 1. The second kappa shape index (κ2) is 10.0. The van der Waals surface area contributed by atoms with Crippen LogP contribution in [0.15, 0.2) is 67.0 Å². The number of carbonyl (C=O) groups is 1. The van der Waals surface area contributed by atoms with Crippen LogP contribution >= 0.6 is 0 Å². The number of carbonyl (C=O) groups excluding carboxylic acids is 1. The lowest BCUT2D eigenvalue weighted by molar-refractivity contribution is -0.132. The van der Waals surface area contributed by atoms with E-state index in [0.29, 0.717) is 49.6 Å². The third kappa shape index (κ3) is 5.02. The fourth-order valence-corrected chi connectivity index (χ4v) is 4.72. The molecule has 0 unspecified atom stereocenters. The van der Waals surface area contributed by atoms with E-state index in [9.17, 15) is 4.79 Å². The zero-order chi connectivity index (χ0) is 25.2. The van der Waals surface area contributed by atoms with Crippen LogP contribution in [0.3, 0.4) is 0 Å². The molecule has 0 bridgehead atoms. The van der Waals surface area contributed by atoms with Gasteiger partial charge in [-0.1, -0.05) is 54.6 Å². The molecule has 0 spiro atoms. The first kappa shape index (κ1) is 23.1. The standard InChI is InChI=1S/C28H29N7O2/c1-37-25-17-24(29-19-30-25)33-13-15-34(16-14-33)26(36)18-35-28(23-5-3-2-4-6-23)31-27(32-35)22-11-9-21(10-12-22)20-7-8-20/h2-6,9-12,17,19-20H,7-8,13-16,18H2,1H3. The number of amides is 1. The van der Waals surface area contributed by atoms with Gasteiger partial charge < -0.3 is 14.5 Å². The van der Waals surface area contributed by atoms with E-state index < -0.39 is 0 Å². The quantitative estimate of drug-likeness (QED) is 0.387. The molecule has 37 heavy (non-hydrogen) atoms. The fraction of sp³-hybridized carbons (Fsp3) is 0.321. The van der Waals surface area contributed by atoms with Crippen molar-refractivity contribution in [2.24, 2.45) is 0 Å². The van der Waals surface area contributed by atoms with Crippen LogP contribution in [0.1, 0.15) is 24.3 Å². The molecule has 9 heteroatoms. The minimum Gasteiger partial charge on any atom is -0.481 e. The Bertz CT molecular complexity index is 1380. The van der Waals surface area contributed by atoms with E-state index in [-0.39, 0.29) is 12.5 Å². The first-order chi connectivity index (χ1) is 18.2. The van der Waals surface area contributed by atoms with Gasteiger partial charge >= 0.3 is 0 Å². The summed E-state index contributed by atoms with van der Waals surface area (Å²) in [7, 11) is 1.59. The zero-order valence-corrected chi connectivity index (χ0v) is 20.8. The highest BCUT2D eigenvalue weighted by Gasteiger charge is 2.25. The maximum atomic E-state index is 13.3. The molecule has 0 N–H and O–H groups in total. The first-order valence-corrected chi connectivity index (χ1v) is 12.7. The molecule has 188 valence electrons. The molecule has 1 aliphatic carbocycles. The average molecular weight is 496 g/mol. The third-order valence-corrected chi connectivity index (χ3v) is 7.00. The Morgan fingerprint density at radius 3 is 2.41 bits per heavy atom. The van der Waals surface area contributed by atoms with Crippen molar-refractivity contribution < 1.29 is 9.53 Å². The van der Waals surface area contributed by atoms with Crippen molar-refractivity contribution in [3.8, 4) is 28.7 Å². The van der Waals surface area contributed by atoms with Crippen LogP contribution in [-0.4, -0.2) is 68.8 Å². The van der Waals surface area contributed by atoms with E-state index >= 15 is 0 Å². The molecular formula is C28H29N7O2. The van der Waals surface area contributed by atoms with Crippen LogP contribution in [0, 0.1) is 0 Å². The fourth-order valence-electron chi connectivity index (χ4n) is 4.72. The monoisotopic (exact) mass is 495 g/mol. The van der Waals surface area contributed by atoms with Crippen molar-refractivity contribution in [3.05, 3.63) is 72.6 Å². The minimum atomic E-state index is 0.0256. The van der Waals surface area contributed by atoms with E-state index in [2.05, 4.69) is 39.1 Å². The Balaban J connectivity index is 1.19. The van der Waals surface area contributed by atoms with Crippen LogP contribution in [-0.2, 0) is 11.3 Å². The molecule has 1 aliphatic heterocycles. The Hall–Kier alpha value is -4.27. The predicted octanol–water partition coefficient (Wildman–Crippen LogP) is 3.64. The van der Waals surface area contributed by atoms with Gasteiger partial charge in [0, 0.05) is 43.4 Å². The van der Waals surface area contributed by atoms with E-state index in [4.69, 9.17) is 14.8 Å². The number of anilines is 1. The van der Waals surface area contributed by atoms with E-state index in [1.807, 2.05) is 41.3 Å². The summed E-state index contributed by atoms with van der Waals surface area (Å²) >= 11 is 0.